The Labute approximate surface area is 106 Å². The Morgan fingerprint density at radius 2 is 2.35 bits per heavy atom. The molecule has 0 bridgehead atoms. The van der Waals surface area contributed by atoms with Gasteiger partial charge in [0, 0.05) is 17.1 Å². The van der Waals surface area contributed by atoms with E-state index in [9.17, 15) is 5.11 Å². The lowest BCUT2D eigenvalue weighted by molar-refractivity contribution is 0.0419. The Hall–Kier alpha value is -1.11. The first-order chi connectivity index (χ1) is 8.31. The topological polar surface area (TPSA) is 29.5 Å². The average molecular weight is 248 g/mol. The molecule has 2 unspecified atom stereocenters. The third kappa shape index (κ3) is 3.18. The van der Waals surface area contributed by atoms with E-state index in [1.807, 2.05) is 31.2 Å². The molecule has 2 nitrogen and oxygen atoms in total. The van der Waals surface area contributed by atoms with E-state index in [0.717, 1.165) is 22.8 Å². The Balaban J connectivity index is 1.94. The Bertz CT molecular complexity index is 433. The zero-order chi connectivity index (χ0) is 12.1. The molecule has 0 amide bonds. The lowest BCUT2D eigenvalue weighted by atomic mass is 10.1. The summed E-state index contributed by atoms with van der Waals surface area (Å²) >= 11 is 1.74. The van der Waals surface area contributed by atoms with Crippen molar-refractivity contribution >= 4 is 11.8 Å². The molecule has 0 radical (unpaired) electrons. The van der Waals surface area contributed by atoms with Crippen LogP contribution in [-0.4, -0.2) is 23.1 Å². The number of aliphatic hydroxyl groups is 1. The third-order valence-electron chi connectivity index (χ3n) is 2.70. The van der Waals surface area contributed by atoms with Crippen LogP contribution in [0.1, 0.15) is 19.8 Å². The lowest BCUT2D eigenvalue weighted by Gasteiger charge is -2.28. The molecule has 1 aliphatic heterocycles. The first-order valence-corrected chi connectivity index (χ1v) is 6.76. The second-order valence-corrected chi connectivity index (χ2v) is 5.01. The normalized spacial score (nSPS) is 19.5. The quantitative estimate of drug-likeness (QED) is 0.834. The van der Waals surface area contributed by atoms with Crippen molar-refractivity contribution in [3.63, 3.8) is 0 Å². The molecule has 3 heteroatoms. The van der Waals surface area contributed by atoms with Crippen LogP contribution in [0.15, 0.2) is 29.2 Å². The summed E-state index contributed by atoms with van der Waals surface area (Å²) in [5.41, 5.74) is 0. The summed E-state index contributed by atoms with van der Waals surface area (Å²) in [6.07, 6.45) is 0.850. The van der Waals surface area contributed by atoms with Crippen molar-refractivity contribution < 1.29 is 9.84 Å². The van der Waals surface area contributed by atoms with E-state index in [4.69, 9.17) is 4.74 Å². The first-order valence-electron chi connectivity index (χ1n) is 5.77. The minimum absolute atomic E-state index is 0.117. The Morgan fingerprint density at radius 1 is 1.53 bits per heavy atom. The van der Waals surface area contributed by atoms with Gasteiger partial charge >= 0.3 is 0 Å². The van der Waals surface area contributed by atoms with Gasteiger partial charge < -0.3 is 9.84 Å². The van der Waals surface area contributed by atoms with Crippen molar-refractivity contribution in [2.75, 3.05) is 5.75 Å². The van der Waals surface area contributed by atoms with E-state index in [1.54, 1.807) is 11.8 Å². The molecule has 90 valence electrons. The van der Waals surface area contributed by atoms with Crippen molar-refractivity contribution in [3.05, 3.63) is 24.3 Å². The molecule has 0 aromatic heterocycles. The molecule has 1 heterocycles. The van der Waals surface area contributed by atoms with E-state index < -0.39 is 6.10 Å². The van der Waals surface area contributed by atoms with E-state index >= 15 is 0 Å². The Kier molecular flexibility index (Phi) is 4.36. The second-order valence-electron chi connectivity index (χ2n) is 3.95. The number of aliphatic hydroxyl groups excluding tert-OH is 1. The summed E-state index contributed by atoms with van der Waals surface area (Å²) in [7, 11) is 0. The van der Waals surface area contributed by atoms with Crippen molar-refractivity contribution in [3.8, 4) is 17.6 Å². The number of ether oxygens (including phenoxy) is 1. The van der Waals surface area contributed by atoms with Crippen molar-refractivity contribution in [2.24, 2.45) is 0 Å². The highest BCUT2D eigenvalue weighted by Gasteiger charge is 2.26. The van der Waals surface area contributed by atoms with Crippen LogP contribution in [0.5, 0.6) is 5.75 Å². The van der Waals surface area contributed by atoms with Gasteiger partial charge in [0.2, 0.25) is 0 Å². The maximum absolute atomic E-state index is 10.0. The van der Waals surface area contributed by atoms with Gasteiger partial charge in [-0.2, -0.15) is 0 Å². The molecule has 0 fully saturated rings. The molecular weight excluding hydrogens is 232 g/mol. The minimum atomic E-state index is -0.434. The van der Waals surface area contributed by atoms with Crippen LogP contribution < -0.4 is 4.74 Å². The van der Waals surface area contributed by atoms with E-state index in [2.05, 4.69) is 11.8 Å². The predicted molar refractivity (Wildman–Crippen MR) is 70.3 cm³/mol. The zero-order valence-corrected chi connectivity index (χ0v) is 10.7. The van der Waals surface area contributed by atoms with Crippen LogP contribution in [0.2, 0.25) is 0 Å². The second kappa shape index (κ2) is 6.00. The summed E-state index contributed by atoms with van der Waals surface area (Å²) < 4.78 is 5.81. The van der Waals surface area contributed by atoms with Gasteiger partial charge in [0.15, 0.2) is 0 Å². The smallest absolute Gasteiger partial charge is 0.134 e. The monoisotopic (exact) mass is 248 g/mol. The van der Waals surface area contributed by atoms with Crippen molar-refractivity contribution in [1.29, 1.82) is 0 Å². The van der Waals surface area contributed by atoms with Crippen LogP contribution in [0, 0.1) is 11.8 Å². The van der Waals surface area contributed by atoms with Gasteiger partial charge in [-0.15, -0.1) is 23.6 Å². The molecule has 2 atom stereocenters. The van der Waals surface area contributed by atoms with Crippen molar-refractivity contribution in [2.45, 2.75) is 36.9 Å². The maximum Gasteiger partial charge on any atom is 0.134 e. The van der Waals surface area contributed by atoms with Gasteiger partial charge in [0.1, 0.15) is 11.9 Å². The average Bonchev–Trinajstić information content (AvgIpc) is 2.38. The standard InChI is InChI=1S/C14H16O2S/c1-2-3-4-7-11(15)13-10-17-14-9-6-5-8-12(14)16-13/h5-6,8-9,11,13,15H,4,7,10H2,1H3. The summed E-state index contributed by atoms with van der Waals surface area (Å²) in [6, 6.07) is 7.96. The summed E-state index contributed by atoms with van der Waals surface area (Å²) in [6.45, 7) is 1.82. The predicted octanol–water partition coefficient (Wildman–Crippen LogP) is 2.70. The fourth-order valence-corrected chi connectivity index (χ4v) is 2.82. The molecule has 1 aromatic rings. The fraction of sp³-hybridized carbons (Fsp3) is 0.429. The summed E-state index contributed by atoms with van der Waals surface area (Å²) in [5, 5.41) is 10.0. The van der Waals surface area contributed by atoms with Gasteiger partial charge in [-0.25, -0.2) is 0 Å². The zero-order valence-electron chi connectivity index (χ0n) is 9.85. The van der Waals surface area contributed by atoms with Crippen LogP contribution in [0.4, 0.5) is 0 Å². The third-order valence-corrected chi connectivity index (χ3v) is 3.85. The summed E-state index contributed by atoms with van der Waals surface area (Å²) in [5.74, 6) is 7.49. The summed E-state index contributed by atoms with van der Waals surface area (Å²) in [4.78, 5) is 1.16. The van der Waals surface area contributed by atoms with E-state index in [1.165, 1.54) is 0 Å². The van der Waals surface area contributed by atoms with E-state index in [-0.39, 0.29) is 6.10 Å². The molecule has 1 aliphatic rings. The maximum atomic E-state index is 10.0. The van der Waals surface area contributed by atoms with Gasteiger partial charge in [-0.1, -0.05) is 12.1 Å². The van der Waals surface area contributed by atoms with E-state index in [0.29, 0.717) is 6.42 Å². The van der Waals surface area contributed by atoms with Crippen LogP contribution in [0.3, 0.4) is 0 Å². The number of para-hydroxylation sites is 1. The van der Waals surface area contributed by atoms with Crippen LogP contribution >= 0.6 is 11.8 Å². The molecule has 1 N–H and O–H groups in total. The largest absolute Gasteiger partial charge is 0.486 e. The minimum Gasteiger partial charge on any atom is -0.486 e. The SMILES string of the molecule is CC#CCCC(O)C1CSc2ccccc2O1. The highest BCUT2D eigenvalue weighted by molar-refractivity contribution is 7.99. The number of hydrogen-bond donors (Lipinski definition) is 1. The molecule has 0 saturated carbocycles. The molecule has 17 heavy (non-hydrogen) atoms. The number of rotatable bonds is 3. The van der Waals surface area contributed by atoms with Crippen LogP contribution in [0.25, 0.3) is 0 Å². The number of hydrogen-bond acceptors (Lipinski definition) is 3. The first kappa shape index (κ1) is 12.3. The molecular formula is C14H16O2S. The number of fused-ring (bicyclic) bond motifs is 1. The number of benzene rings is 1. The van der Waals surface area contributed by atoms with Crippen molar-refractivity contribution in [1.82, 2.24) is 0 Å². The molecule has 0 aliphatic carbocycles. The van der Waals surface area contributed by atoms with Gasteiger partial charge in [0.05, 0.1) is 6.10 Å². The fourth-order valence-electron chi connectivity index (χ4n) is 1.76. The van der Waals surface area contributed by atoms with Crippen LogP contribution in [-0.2, 0) is 0 Å². The lowest BCUT2D eigenvalue weighted by Crippen LogP contribution is -2.35. The highest BCUT2D eigenvalue weighted by Crippen LogP contribution is 2.36. The molecule has 0 spiro atoms. The van der Waals surface area contributed by atoms with Gasteiger partial charge in [0.25, 0.3) is 0 Å². The molecule has 1 aromatic carbocycles. The molecule has 0 saturated heterocycles. The molecule has 2 rings (SSSR count). The van der Waals surface area contributed by atoms with Gasteiger partial charge in [-0.3, -0.25) is 0 Å². The number of thioether (sulfide) groups is 1. The Morgan fingerprint density at radius 3 is 3.18 bits per heavy atom. The van der Waals surface area contributed by atoms with Gasteiger partial charge in [-0.05, 0) is 25.5 Å². The highest BCUT2D eigenvalue weighted by atomic mass is 32.2.